The van der Waals surface area contributed by atoms with Crippen molar-refractivity contribution < 1.29 is 4.79 Å². The van der Waals surface area contributed by atoms with Crippen LogP contribution in [-0.4, -0.2) is 36.5 Å². The van der Waals surface area contributed by atoms with E-state index in [-0.39, 0.29) is 18.3 Å². The first-order chi connectivity index (χ1) is 8.08. The molecule has 1 aliphatic rings. The number of aryl methyl sites for hydroxylation is 1. The molecule has 0 spiro atoms. The molecule has 1 amide bonds. The molecule has 0 aliphatic carbocycles. The smallest absolute Gasteiger partial charge is 0.254 e. The Kier molecular flexibility index (Phi) is 5.63. The fraction of sp³-hybridized carbons (Fsp3) is 0.462. The number of amides is 1. The molecule has 2 rings (SSSR count). The van der Waals surface area contributed by atoms with Gasteiger partial charge in [-0.2, -0.15) is 0 Å². The molecule has 1 fully saturated rings. The number of nitrogens with zero attached hydrogens (tertiary/aromatic N) is 1. The first-order valence-corrected chi connectivity index (χ1v) is 6.66. The van der Waals surface area contributed by atoms with E-state index in [1.807, 2.05) is 30.0 Å². The highest BCUT2D eigenvalue weighted by Gasteiger charge is 2.22. The topological polar surface area (TPSA) is 32.3 Å². The highest BCUT2D eigenvalue weighted by atomic mass is 79.9. The summed E-state index contributed by atoms with van der Waals surface area (Å²) < 4.78 is 0.953. The second-order valence-corrected chi connectivity index (χ2v) is 5.48. The summed E-state index contributed by atoms with van der Waals surface area (Å²) in [5.41, 5.74) is 1.83. The van der Waals surface area contributed by atoms with Gasteiger partial charge in [0, 0.05) is 35.7 Å². The molecule has 1 unspecified atom stereocenters. The summed E-state index contributed by atoms with van der Waals surface area (Å²) in [4.78, 5) is 14.3. The average Bonchev–Trinajstić information content (AvgIpc) is 2.31. The molecular weight excluding hydrogens is 316 g/mol. The SMILES string of the molecule is Cc1ccc(Br)cc1C(=O)N1CCNC(C)C1.Cl. The summed E-state index contributed by atoms with van der Waals surface area (Å²) >= 11 is 3.42. The van der Waals surface area contributed by atoms with Gasteiger partial charge in [0.25, 0.3) is 5.91 Å². The molecule has 5 heteroatoms. The van der Waals surface area contributed by atoms with Crippen molar-refractivity contribution in [3.8, 4) is 0 Å². The third-order valence-electron chi connectivity index (χ3n) is 3.09. The van der Waals surface area contributed by atoms with E-state index in [0.717, 1.165) is 35.2 Å². The molecular formula is C13H18BrClN2O. The van der Waals surface area contributed by atoms with Gasteiger partial charge in [0.2, 0.25) is 0 Å². The number of piperazine rings is 1. The van der Waals surface area contributed by atoms with Crippen LogP contribution in [0.2, 0.25) is 0 Å². The molecule has 0 bridgehead atoms. The standard InChI is InChI=1S/C13H17BrN2O.ClH/c1-9-3-4-11(14)7-12(9)13(17)16-6-5-15-10(2)8-16;/h3-4,7,10,15H,5-6,8H2,1-2H3;1H. The van der Waals surface area contributed by atoms with Crippen LogP contribution in [0.25, 0.3) is 0 Å². The molecule has 1 saturated heterocycles. The maximum absolute atomic E-state index is 12.4. The van der Waals surface area contributed by atoms with E-state index in [4.69, 9.17) is 0 Å². The Morgan fingerprint density at radius 1 is 1.50 bits per heavy atom. The lowest BCUT2D eigenvalue weighted by Crippen LogP contribution is -2.51. The Labute approximate surface area is 122 Å². The highest BCUT2D eigenvalue weighted by molar-refractivity contribution is 9.10. The molecule has 18 heavy (non-hydrogen) atoms. The first-order valence-electron chi connectivity index (χ1n) is 5.87. The summed E-state index contributed by atoms with van der Waals surface area (Å²) in [6, 6.07) is 6.22. The summed E-state index contributed by atoms with van der Waals surface area (Å²) in [5, 5.41) is 3.34. The molecule has 100 valence electrons. The molecule has 1 heterocycles. The molecule has 1 aromatic carbocycles. The van der Waals surface area contributed by atoms with Gasteiger partial charge in [0.15, 0.2) is 0 Å². The van der Waals surface area contributed by atoms with Crippen LogP contribution in [0.15, 0.2) is 22.7 Å². The van der Waals surface area contributed by atoms with Crippen molar-refractivity contribution in [1.82, 2.24) is 10.2 Å². The van der Waals surface area contributed by atoms with Crippen LogP contribution < -0.4 is 5.32 Å². The van der Waals surface area contributed by atoms with Crippen LogP contribution in [0.1, 0.15) is 22.8 Å². The molecule has 1 aliphatic heterocycles. The van der Waals surface area contributed by atoms with Crippen LogP contribution in [0.4, 0.5) is 0 Å². The average molecular weight is 334 g/mol. The monoisotopic (exact) mass is 332 g/mol. The molecule has 0 saturated carbocycles. The maximum atomic E-state index is 12.4. The summed E-state index contributed by atoms with van der Waals surface area (Å²) in [6.07, 6.45) is 0. The van der Waals surface area contributed by atoms with Crippen LogP contribution in [0.3, 0.4) is 0 Å². The Bertz CT molecular complexity index is 439. The predicted molar refractivity (Wildman–Crippen MR) is 79.5 cm³/mol. The summed E-state index contributed by atoms with van der Waals surface area (Å²) in [5.74, 6) is 0.136. The van der Waals surface area contributed by atoms with Gasteiger partial charge >= 0.3 is 0 Å². The summed E-state index contributed by atoms with van der Waals surface area (Å²) in [6.45, 7) is 6.53. The van der Waals surface area contributed by atoms with Gasteiger partial charge in [-0.3, -0.25) is 4.79 Å². The second kappa shape index (κ2) is 6.55. The van der Waals surface area contributed by atoms with E-state index in [9.17, 15) is 4.79 Å². The number of rotatable bonds is 1. The number of nitrogens with one attached hydrogen (secondary N) is 1. The Balaban J connectivity index is 0.00000162. The van der Waals surface area contributed by atoms with E-state index in [0.29, 0.717) is 6.04 Å². The van der Waals surface area contributed by atoms with Crippen molar-refractivity contribution in [3.63, 3.8) is 0 Å². The zero-order chi connectivity index (χ0) is 12.4. The van der Waals surface area contributed by atoms with Crippen molar-refractivity contribution in [2.75, 3.05) is 19.6 Å². The third kappa shape index (κ3) is 3.46. The molecule has 3 nitrogen and oxygen atoms in total. The Morgan fingerprint density at radius 3 is 2.89 bits per heavy atom. The number of halogens is 2. The largest absolute Gasteiger partial charge is 0.336 e. The Morgan fingerprint density at radius 2 is 2.22 bits per heavy atom. The quantitative estimate of drug-likeness (QED) is 0.857. The van der Waals surface area contributed by atoms with Gasteiger partial charge in [0.05, 0.1) is 0 Å². The number of carbonyl (C=O) groups is 1. The van der Waals surface area contributed by atoms with E-state index in [1.165, 1.54) is 0 Å². The van der Waals surface area contributed by atoms with Crippen LogP contribution in [0, 0.1) is 6.92 Å². The molecule has 0 aromatic heterocycles. The number of hydrogen-bond acceptors (Lipinski definition) is 2. The van der Waals surface area contributed by atoms with Crippen molar-refractivity contribution in [2.24, 2.45) is 0 Å². The van der Waals surface area contributed by atoms with Gasteiger partial charge in [0.1, 0.15) is 0 Å². The van der Waals surface area contributed by atoms with Gasteiger partial charge in [-0.15, -0.1) is 12.4 Å². The normalized spacial score (nSPS) is 19.3. The highest BCUT2D eigenvalue weighted by Crippen LogP contribution is 2.18. The van der Waals surface area contributed by atoms with Crippen LogP contribution >= 0.6 is 28.3 Å². The van der Waals surface area contributed by atoms with Crippen molar-refractivity contribution >= 4 is 34.2 Å². The fourth-order valence-electron chi connectivity index (χ4n) is 2.11. The minimum atomic E-state index is 0. The van der Waals surface area contributed by atoms with E-state index < -0.39 is 0 Å². The summed E-state index contributed by atoms with van der Waals surface area (Å²) in [7, 11) is 0. The number of hydrogen-bond donors (Lipinski definition) is 1. The van der Waals surface area contributed by atoms with Gasteiger partial charge in [-0.25, -0.2) is 0 Å². The lowest BCUT2D eigenvalue weighted by atomic mass is 10.1. The molecule has 1 aromatic rings. The lowest BCUT2D eigenvalue weighted by Gasteiger charge is -2.32. The van der Waals surface area contributed by atoms with E-state index in [1.54, 1.807) is 0 Å². The molecule has 1 N–H and O–H groups in total. The minimum absolute atomic E-state index is 0. The molecule has 0 radical (unpaired) electrons. The predicted octanol–water partition coefficient (Wildman–Crippen LogP) is 2.61. The van der Waals surface area contributed by atoms with Gasteiger partial charge in [-0.05, 0) is 31.5 Å². The maximum Gasteiger partial charge on any atom is 0.254 e. The molecule has 1 atom stereocenters. The van der Waals surface area contributed by atoms with Crippen molar-refractivity contribution in [3.05, 3.63) is 33.8 Å². The Hall–Kier alpha value is -0.580. The lowest BCUT2D eigenvalue weighted by molar-refractivity contribution is 0.0708. The zero-order valence-corrected chi connectivity index (χ0v) is 13.0. The number of benzene rings is 1. The number of carbonyl (C=O) groups excluding carboxylic acids is 1. The van der Waals surface area contributed by atoms with Crippen molar-refractivity contribution in [2.45, 2.75) is 19.9 Å². The van der Waals surface area contributed by atoms with Crippen LogP contribution in [-0.2, 0) is 0 Å². The van der Waals surface area contributed by atoms with Crippen molar-refractivity contribution in [1.29, 1.82) is 0 Å². The van der Waals surface area contributed by atoms with Gasteiger partial charge in [-0.1, -0.05) is 22.0 Å². The zero-order valence-electron chi connectivity index (χ0n) is 10.6. The third-order valence-corrected chi connectivity index (χ3v) is 3.58. The van der Waals surface area contributed by atoms with Gasteiger partial charge < -0.3 is 10.2 Å². The first kappa shape index (κ1) is 15.5. The van der Waals surface area contributed by atoms with Crippen LogP contribution in [0.5, 0.6) is 0 Å². The fourth-order valence-corrected chi connectivity index (χ4v) is 2.47. The minimum Gasteiger partial charge on any atom is -0.336 e. The second-order valence-electron chi connectivity index (χ2n) is 4.57. The van der Waals surface area contributed by atoms with E-state index >= 15 is 0 Å². The van der Waals surface area contributed by atoms with E-state index in [2.05, 4.69) is 28.2 Å².